The van der Waals surface area contributed by atoms with Crippen molar-refractivity contribution in [1.82, 2.24) is 5.32 Å². The number of hydrogen-bond acceptors (Lipinski definition) is 5. The number of allylic oxidation sites excluding steroid dienone is 7. The zero-order chi connectivity index (χ0) is 44.4. The van der Waals surface area contributed by atoms with E-state index in [9.17, 15) is 19.8 Å². The highest BCUT2D eigenvalue weighted by Crippen LogP contribution is 2.15. The van der Waals surface area contributed by atoms with Gasteiger partial charge in [-0.3, -0.25) is 9.59 Å². The minimum atomic E-state index is -0.868. The van der Waals surface area contributed by atoms with Crippen LogP contribution in [0.15, 0.2) is 48.6 Å². The van der Waals surface area contributed by atoms with Gasteiger partial charge in [0.15, 0.2) is 0 Å². The van der Waals surface area contributed by atoms with E-state index in [4.69, 9.17) is 4.74 Å². The van der Waals surface area contributed by atoms with Crippen molar-refractivity contribution in [2.75, 3.05) is 13.2 Å². The van der Waals surface area contributed by atoms with Crippen LogP contribution in [0.3, 0.4) is 0 Å². The molecule has 0 aliphatic heterocycles. The zero-order valence-corrected chi connectivity index (χ0v) is 40.4. The van der Waals surface area contributed by atoms with Gasteiger partial charge in [0, 0.05) is 12.8 Å². The summed E-state index contributed by atoms with van der Waals surface area (Å²) in [7, 11) is 0. The summed E-state index contributed by atoms with van der Waals surface area (Å²) in [6.45, 7) is 4.79. The molecular formula is C55H101NO5. The summed E-state index contributed by atoms with van der Waals surface area (Å²) < 4.78 is 5.43. The summed E-state index contributed by atoms with van der Waals surface area (Å²) >= 11 is 0. The average molecular weight is 856 g/mol. The van der Waals surface area contributed by atoms with E-state index in [0.717, 1.165) is 89.9 Å². The largest absolute Gasteiger partial charge is 0.466 e. The van der Waals surface area contributed by atoms with Crippen LogP contribution in [-0.4, -0.2) is 47.4 Å². The molecule has 1 amide bonds. The summed E-state index contributed by atoms with van der Waals surface area (Å²) in [4.78, 5) is 24.5. The molecule has 0 heterocycles. The zero-order valence-electron chi connectivity index (χ0n) is 40.4. The summed E-state index contributed by atoms with van der Waals surface area (Å²) in [6.07, 6.45) is 62.6. The van der Waals surface area contributed by atoms with Crippen molar-refractivity contribution in [3.8, 4) is 0 Å². The van der Waals surface area contributed by atoms with Gasteiger partial charge in [-0.1, -0.05) is 210 Å². The molecule has 3 N–H and O–H groups in total. The Morgan fingerprint density at radius 3 is 1.28 bits per heavy atom. The minimum Gasteiger partial charge on any atom is -0.466 e. The number of carbonyl (C=O) groups is 2. The summed E-state index contributed by atoms with van der Waals surface area (Å²) in [5.74, 6) is -0.157. The highest BCUT2D eigenvalue weighted by Gasteiger charge is 2.18. The first-order valence-corrected chi connectivity index (χ1v) is 26.4. The molecule has 0 rings (SSSR count). The molecule has 6 nitrogen and oxygen atoms in total. The lowest BCUT2D eigenvalue weighted by atomic mass is 10.0. The van der Waals surface area contributed by atoms with Crippen molar-refractivity contribution < 1.29 is 24.5 Å². The predicted octanol–water partition coefficient (Wildman–Crippen LogP) is 15.8. The summed E-state index contributed by atoms with van der Waals surface area (Å²) in [6, 6.07) is -0.655. The van der Waals surface area contributed by atoms with Crippen LogP contribution < -0.4 is 5.32 Å². The van der Waals surface area contributed by atoms with Gasteiger partial charge in [-0.05, 0) is 89.9 Å². The normalized spacial score (nSPS) is 13.0. The summed E-state index contributed by atoms with van der Waals surface area (Å²) in [5, 5.41) is 23.1. The predicted molar refractivity (Wildman–Crippen MR) is 264 cm³/mol. The smallest absolute Gasteiger partial charge is 0.305 e. The van der Waals surface area contributed by atoms with Crippen LogP contribution in [-0.2, 0) is 14.3 Å². The number of amides is 1. The molecule has 2 atom stereocenters. The van der Waals surface area contributed by atoms with Crippen molar-refractivity contribution in [2.24, 2.45) is 0 Å². The van der Waals surface area contributed by atoms with Gasteiger partial charge in [-0.25, -0.2) is 0 Å². The Bertz CT molecular complexity index is 1040. The summed E-state index contributed by atoms with van der Waals surface area (Å²) in [5.41, 5.74) is 0. The fourth-order valence-electron chi connectivity index (χ4n) is 7.71. The van der Waals surface area contributed by atoms with Gasteiger partial charge in [-0.15, -0.1) is 0 Å². The van der Waals surface area contributed by atoms with E-state index in [0.29, 0.717) is 19.4 Å². The molecule has 356 valence electrons. The number of rotatable bonds is 48. The Kier molecular flexibility index (Phi) is 48.7. The molecule has 0 fully saturated rings. The van der Waals surface area contributed by atoms with Gasteiger partial charge in [-0.2, -0.15) is 0 Å². The van der Waals surface area contributed by atoms with Crippen molar-refractivity contribution in [2.45, 2.75) is 276 Å². The molecule has 0 spiro atoms. The maximum atomic E-state index is 12.4. The van der Waals surface area contributed by atoms with Crippen molar-refractivity contribution in [3.05, 3.63) is 48.6 Å². The van der Waals surface area contributed by atoms with Crippen molar-refractivity contribution in [3.63, 3.8) is 0 Å². The van der Waals surface area contributed by atoms with Crippen molar-refractivity contribution in [1.29, 1.82) is 0 Å². The fourth-order valence-corrected chi connectivity index (χ4v) is 7.71. The van der Waals surface area contributed by atoms with Gasteiger partial charge >= 0.3 is 5.97 Å². The molecule has 0 bridgehead atoms. The monoisotopic (exact) mass is 856 g/mol. The minimum absolute atomic E-state index is 0.0524. The third-order valence-corrected chi connectivity index (χ3v) is 11.8. The van der Waals surface area contributed by atoms with E-state index in [1.165, 1.54) is 148 Å². The number of unbranched alkanes of at least 4 members (excludes halogenated alkanes) is 31. The molecule has 6 heteroatoms. The van der Waals surface area contributed by atoms with E-state index in [2.05, 4.69) is 55.6 Å². The fraction of sp³-hybridized carbons (Fsp3) is 0.818. The quantitative estimate of drug-likeness (QED) is 0.0322. The topological polar surface area (TPSA) is 95.9 Å². The first-order valence-electron chi connectivity index (χ1n) is 26.4. The lowest BCUT2D eigenvalue weighted by molar-refractivity contribution is -0.143. The standard InChI is InChI=1S/C55H101NO5/c1-3-5-7-9-11-13-15-17-19-21-22-23-25-27-31-35-39-43-47-53(58)52(51-57)56-54(59)48-44-40-36-32-29-30-34-38-42-46-50-61-55(60)49-45-41-37-33-28-26-24-20-18-16-14-12-10-8-6-4-2/h14,16,20,24,30,34,43,47,52-53,57-58H,3-13,15,17-19,21-23,25-29,31-33,35-42,44-46,48-51H2,1-2H3,(H,56,59)/b16-14-,24-20-,34-30-,47-43+. The van der Waals surface area contributed by atoms with Crippen LogP contribution in [0.2, 0.25) is 0 Å². The van der Waals surface area contributed by atoms with Crippen LogP contribution in [0, 0.1) is 0 Å². The molecule has 0 saturated carbocycles. The number of esters is 1. The lowest BCUT2D eigenvalue weighted by Crippen LogP contribution is -2.45. The molecule has 0 aromatic heterocycles. The van der Waals surface area contributed by atoms with Crippen LogP contribution in [0.5, 0.6) is 0 Å². The third-order valence-electron chi connectivity index (χ3n) is 11.8. The first kappa shape index (κ1) is 58.8. The van der Waals surface area contributed by atoms with E-state index in [1.54, 1.807) is 6.08 Å². The maximum Gasteiger partial charge on any atom is 0.305 e. The van der Waals surface area contributed by atoms with E-state index in [-0.39, 0.29) is 18.5 Å². The van der Waals surface area contributed by atoms with Gasteiger partial charge in [0.25, 0.3) is 0 Å². The second-order valence-corrected chi connectivity index (χ2v) is 17.8. The molecule has 0 aromatic rings. The number of aliphatic hydroxyl groups excluding tert-OH is 2. The third kappa shape index (κ3) is 47.1. The lowest BCUT2D eigenvalue weighted by Gasteiger charge is -2.20. The van der Waals surface area contributed by atoms with Gasteiger partial charge in [0.1, 0.15) is 0 Å². The molecular weight excluding hydrogens is 755 g/mol. The molecule has 0 aromatic carbocycles. The second kappa shape index (κ2) is 50.5. The second-order valence-electron chi connectivity index (χ2n) is 17.8. The average Bonchev–Trinajstić information content (AvgIpc) is 3.26. The van der Waals surface area contributed by atoms with E-state index in [1.807, 2.05) is 6.08 Å². The highest BCUT2D eigenvalue weighted by atomic mass is 16.5. The van der Waals surface area contributed by atoms with Crippen LogP contribution in [0.4, 0.5) is 0 Å². The van der Waals surface area contributed by atoms with E-state index >= 15 is 0 Å². The molecule has 0 radical (unpaired) electrons. The SMILES string of the molecule is CCCCCC/C=C\C/C=C\CCCCCCCC(=O)OCCCC/C=C\CCCCCCC(=O)NC(CO)C(O)/C=C/CCCCCCCCCCCCCCCCCC. The number of aliphatic hydroxyl groups is 2. The molecule has 0 aliphatic carbocycles. The number of hydrogen-bond donors (Lipinski definition) is 3. The molecule has 2 unspecified atom stereocenters. The van der Waals surface area contributed by atoms with E-state index < -0.39 is 12.1 Å². The molecule has 0 aliphatic rings. The van der Waals surface area contributed by atoms with Gasteiger partial charge in [0.05, 0.1) is 25.4 Å². The van der Waals surface area contributed by atoms with Crippen LogP contribution in [0.25, 0.3) is 0 Å². The molecule has 61 heavy (non-hydrogen) atoms. The van der Waals surface area contributed by atoms with Gasteiger partial charge < -0.3 is 20.3 Å². The Hall–Kier alpha value is -2.18. The molecule has 0 saturated heterocycles. The number of carbonyl (C=O) groups excluding carboxylic acids is 2. The first-order chi connectivity index (χ1) is 30.0. The maximum absolute atomic E-state index is 12.4. The Labute approximate surface area is 378 Å². The highest BCUT2D eigenvalue weighted by molar-refractivity contribution is 5.76. The Morgan fingerprint density at radius 1 is 0.459 bits per heavy atom. The Balaban J connectivity index is 3.59. The van der Waals surface area contributed by atoms with Gasteiger partial charge in [0.2, 0.25) is 5.91 Å². The van der Waals surface area contributed by atoms with Crippen molar-refractivity contribution >= 4 is 11.9 Å². The Morgan fingerprint density at radius 2 is 0.820 bits per heavy atom. The van der Waals surface area contributed by atoms with Crippen LogP contribution >= 0.6 is 0 Å². The number of ether oxygens (including phenoxy) is 1. The van der Waals surface area contributed by atoms with Crippen LogP contribution in [0.1, 0.15) is 264 Å². The number of nitrogens with one attached hydrogen (secondary N) is 1.